The van der Waals surface area contributed by atoms with Gasteiger partial charge in [0, 0.05) is 17.2 Å². The highest BCUT2D eigenvalue weighted by molar-refractivity contribution is 5.84. The van der Waals surface area contributed by atoms with Crippen LogP contribution in [0.3, 0.4) is 0 Å². The van der Waals surface area contributed by atoms with E-state index in [1.165, 1.54) is 5.56 Å². The molecule has 2 aromatic rings. The number of carbonyl (C=O) groups is 1. The highest BCUT2D eigenvalue weighted by atomic mass is 19.1. The van der Waals surface area contributed by atoms with Crippen LogP contribution < -0.4 is 5.32 Å². The van der Waals surface area contributed by atoms with Crippen molar-refractivity contribution >= 4 is 11.8 Å². The summed E-state index contributed by atoms with van der Waals surface area (Å²) in [7, 11) is 0. The van der Waals surface area contributed by atoms with Crippen LogP contribution >= 0.6 is 0 Å². The predicted octanol–water partition coefficient (Wildman–Crippen LogP) is 6.02. The van der Waals surface area contributed by atoms with E-state index in [1.807, 2.05) is 6.07 Å². The minimum Gasteiger partial charge on any atom is -0.445 e. The zero-order chi connectivity index (χ0) is 18.9. The molecule has 0 heterocycles. The molecular formula is C22H23F2NO2. The van der Waals surface area contributed by atoms with Gasteiger partial charge in [0.2, 0.25) is 0 Å². The highest BCUT2D eigenvalue weighted by Crippen LogP contribution is 2.55. The first-order valence-electron chi connectivity index (χ1n) is 9.53. The molecule has 0 aliphatic heterocycles. The van der Waals surface area contributed by atoms with Gasteiger partial charge in [-0.2, -0.15) is 0 Å². The first kappa shape index (κ1) is 18.0. The molecule has 2 fully saturated rings. The van der Waals surface area contributed by atoms with Crippen LogP contribution in [-0.4, -0.2) is 12.2 Å². The van der Waals surface area contributed by atoms with Crippen molar-refractivity contribution < 1.29 is 18.3 Å². The number of benzene rings is 2. The van der Waals surface area contributed by atoms with Crippen molar-refractivity contribution in [2.45, 2.75) is 50.5 Å². The topological polar surface area (TPSA) is 38.3 Å². The number of hydrogen-bond donors (Lipinski definition) is 1. The fourth-order valence-electron chi connectivity index (χ4n) is 4.58. The predicted molar refractivity (Wildman–Crippen MR) is 99.6 cm³/mol. The minimum absolute atomic E-state index is 0.0653. The molecule has 27 heavy (non-hydrogen) atoms. The van der Waals surface area contributed by atoms with Crippen LogP contribution in [0.1, 0.15) is 50.0 Å². The Kier molecular flexibility index (Phi) is 4.85. The molecule has 3 nitrogen and oxygen atoms in total. The molecule has 1 atom stereocenters. The molecule has 2 aliphatic rings. The molecule has 1 N–H and O–H groups in total. The Morgan fingerprint density at radius 2 is 1.59 bits per heavy atom. The molecule has 0 saturated heterocycles. The number of nitrogens with one attached hydrogen (secondary N) is 1. The van der Waals surface area contributed by atoms with Crippen LogP contribution in [0.15, 0.2) is 48.5 Å². The van der Waals surface area contributed by atoms with Crippen molar-refractivity contribution in [3.63, 3.8) is 0 Å². The normalized spacial score (nSPS) is 27.0. The summed E-state index contributed by atoms with van der Waals surface area (Å²) in [6, 6.07) is 13.5. The Hall–Kier alpha value is -2.43. The number of rotatable bonds is 3. The monoisotopic (exact) mass is 371 g/mol. The van der Waals surface area contributed by atoms with E-state index in [-0.39, 0.29) is 17.2 Å². The van der Waals surface area contributed by atoms with Gasteiger partial charge in [0.1, 0.15) is 17.7 Å². The lowest BCUT2D eigenvalue weighted by Gasteiger charge is -2.52. The van der Waals surface area contributed by atoms with E-state index in [2.05, 4.69) is 29.6 Å². The van der Waals surface area contributed by atoms with Crippen LogP contribution in [0, 0.1) is 17.0 Å². The Morgan fingerprint density at radius 1 is 0.963 bits per heavy atom. The third-order valence-corrected chi connectivity index (χ3v) is 6.20. The molecule has 142 valence electrons. The highest BCUT2D eigenvalue weighted by Gasteiger charge is 2.50. The Morgan fingerprint density at radius 3 is 2.19 bits per heavy atom. The third kappa shape index (κ3) is 3.82. The van der Waals surface area contributed by atoms with Gasteiger partial charge in [-0.25, -0.2) is 13.6 Å². The lowest BCUT2D eigenvalue weighted by Crippen LogP contribution is -2.49. The van der Waals surface area contributed by atoms with Gasteiger partial charge in [0.25, 0.3) is 0 Å². The first-order valence-corrected chi connectivity index (χ1v) is 9.53. The summed E-state index contributed by atoms with van der Waals surface area (Å²) in [6.07, 6.45) is 5.43. The Bertz CT molecular complexity index is 796. The average molecular weight is 371 g/mol. The van der Waals surface area contributed by atoms with Gasteiger partial charge < -0.3 is 4.74 Å². The number of carbonyl (C=O) groups excluding carboxylic acids is 1. The van der Waals surface area contributed by atoms with Crippen molar-refractivity contribution in [1.82, 2.24) is 0 Å². The van der Waals surface area contributed by atoms with Crippen LogP contribution in [0.2, 0.25) is 0 Å². The van der Waals surface area contributed by atoms with Crippen molar-refractivity contribution in [3.05, 3.63) is 65.7 Å². The lowest BCUT2D eigenvalue weighted by molar-refractivity contribution is -0.0915. The second-order valence-electron chi connectivity index (χ2n) is 7.76. The van der Waals surface area contributed by atoms with E-state index in [0.717, 1.165) is 56.7 Å². The molecule has 2 saturated carbocycles. The van der Waals surface area contributed by atoms with Gasteiger partial charge in [-0.1, -0.05) is 30.3 Å². The van der Waals surface area contributed by atoms with Crippen molar-refractivity contribution in [2.75, 3.05) is 5.32 Å². The van der Waals surface area contributed by atoms with Gasteiger partial charge in [-0.05, 0) is 62.1 Å². The molecule has 0 aromatic heterocycles. The maximum absolute atomic E-state index is 13.2. The van der Waals surface area contributed by atoms with E-state index in [9.17, 15) is 13.6 Å². The fraction of sp³-hybridized carbons (Fsp3) is 0.409. The van der Waals surface area contributed by atoms with E-state index >= 15 is 0 Å². The van der Waals surface area contributed by atoms with Crippen LogP contribution in [0.5, 0.6) is 0 Å². The Labute approximate surface area is 157 Å². The number of anilines is 1. The maximum atomic E-state index is 13.2. The van der Waals surface area contributed by atoms with Crippen molar-refractivity contribution in [1.29, 1.82) is 0 Å². The smallest absolute Gasteiger partial charge is 0.411 e. The third-order valence-electron chi connectivity index (χ3n) is 6.20. The summed E-state index contributed by atoms with van der Waals surface area (Å²) in [4.78, 5) is 12.2. The minimum atomic E-state index is -0.732. The molecule has 1 unspecified atom stereocenters. The summed E-state index contributed by atoms with van der Waals surface area (Å²) in [6.45, 7) is 0. The van der Waals surface area contributed by atoms with Gasteiger partial charge >= 0.3 is 6.09 Å². The standard InChI is InChI=1S/C22H23F2NO2/c23-17-12-18(24)14-19(13-17)25-21(26)27-20-8-11-22(20)9-6-16(7-10-22)15-4-2-1-3-5-15/h1-5,12-14,16,20H,6-11H2,(H,25,26). The average Bonchev–Trinajstić information content (AvgIpc) is 2.65. The number of hydrogen-bond acceptors (Lipinski definition) is 2. The number of halogens is 2. The van der Waals surface area contributed by atoms with Crippen LogP contribution in [-0.2, 0) is 4.74 Å². The van der Waals surface area contributed by atoms with E-state index in [1.54, 1.807) is 0 Å². The van der Waals surface area contributed by atoms with Gasteiger partial charge in [0.15, 0.2) is 0 Å². The fourth-order valence-corrected chi connectivity index (χ4v) is 4.58. The maximum Gasteiger partial charge on any atom is 0.411 e. The first-order chi connectivity index (χ1) is 13.0. The number of amides is 1. The molecular weight excluding hydrogens is 348 g/mol. The Balaban J connectivity index is 1.33. The largest absolute Gasteiger partial charge is 0.445 e. The summed E-state index contributed by atoms with van der Waals surface area (Å²) < 4.78 is 32.1. The lowest BCUT2D eigenvalue weighted by atomic mass is 9.56. The molecule has 1 amide bonds. The molecule has 5 heteroatoms. The summed E-state index contributed by atoms with van der Waals surface area (Å²) in [5, 5.41) is 2.44. The summed E-state index contributed by atoms with van der Waals surface area (Å²) in [5.74, 6) is -0.892. The molecule has 2 aromatic carbocycles. The van der Waals surface area contributed by atoms with Crippen LogP contribution in [0.25, 0.3) is 0 Å². The van der Waals surface area contributed by atoms with Gasteiger partial charge in [-0.3, -0.25) is 5.32 Å². The molecule has 2 aliphatic carbocycles. The zero-order valence-electron chi connectivity index (χ0n) is 15.1. The second-order valence-corrected chi connectivity index (χ2v) is 7.76. The number of ether oxygens (including phenoxy) is 1. The second kappa shape index (κ2) is 7.29. The molecule has 1 spiro atoms. The van der Waals surface area contributed by atoms with E-state index in [0.29, 0.717) is 5.92 Å². The van der Waals surface area contributed by atoms with Crippen LogP contribution in [0.4, 0.5) is 19.3 Å². The van der Waals surface area contributed by atoms with E-state index in [4.69, 9.17) is 4.74 Å². The van der Waals surface area contributed by atoms with Gasteiger partial charge in [-0.15, -0.1) is 0 Å². The van der Waals surface area contributed by atoms with Crippen molar-refractivity contribution in [2.24, 2.45) is 5.41 Å². The van der Waals surface area contributed by atoms with E-state index < -0.39 is 17.7 Å². The molecule has 0 bridgehead atoms. The molecule has 0 radical (unpaired) electrons. The SMILES string of the molecule is O=C(Nc1cc(F)cc(F)c1)OC1CCC12CCC(c1ccccc1)CC2. The summed E-state index contributed by atoms with van der Waals surface area (Å²) >= 11 is 0. The van der Waals surface area contributed by atoms with Gasteiger partial charge in [0.05, 0.1) is 0 Å². The summed E-state index contributed by atoms with van der Waals surface area (Å²) in [5.41, 5.74) is 1.52. The quantitative estimate of drug-likeness (QED) is 0.716. The molecule has 4 rings (SSSR count). The van der Waals surface area contributed by atoms with Crippen molar-refractivity contribution in [3.8, 4) is 0 Å². The zero-order valence-corrected chi connectivity index (χ0v) is 15.1.